The van der Waals surface area contributed by atoms with Gasteiger partial charge in [-0.1, -0.05) is 12.1 Å². The van der Waals surface area contributed by atoms with Crippen LogP contribution in [-0.2, 0) is 15.7 Å². The largest absolute Gasteiger partial charge is 0.418 e. The number of alkyl halides is 3. The van der Waals surface area contributed by atoms with Gasteiger partial charge in [0.1, 0.15) is 5.92 Å². The quantitative estimate of drug-likeness (QED) is 0.672. The number of methoxy groups -OCH3 is 1. The Labute approximate surface area is 167 Å². The zero-order chi connectivity index (χ0) is 21.2. The molecule has 0 saturated carbocycles. The lowest BCUT2D eigenvalue weighted by molar-refractivity contribution is -0.137. The average Bonchev–Trinajstić information content (AvgIpc) is 2.96. The van der Waals surface area contributed by atoms with Crippen LogP contribution >= 0.6 is 0 Å². The third kappa shape index (κ3) is 4.59. The number of nitrogens with zero attached hydrogens (tertiary/aromatic N) is 1. The topological polar surface area (TPSA) is 62.7 Å². The van der Waals surface area contributed by atoms with Crippen molar-refractivity contribution in [1.29, 1.82) is 0 Å². The van der Waals surface area contributed by atoms with E-state index in [1.165, 1.54) is 25.5 Å². The fraction of sp³-hybridized carbons (Fsp3) is 0.333. The highest BCUT2D eigenvalue weighted by molar-refractivity contribution is 6.13. The molecule has 29 heavy (non-hydrogen) atoms. The van der Waals surface area contributed by atoms with Crippen molar-refractivity contribution in [2.75, 3.05) is 24.4 Å². The molecule has 154 valence electrons. The number of rotatable bonds is 6. The van der Waals surface area contributed by atoms with Gasteiger partial charge in [0.15, 0.2) is 0 Å². The van der Waals surface area contributed by atoms with E-state index in [2.05, 4.69) is 15.6 Å². The Morgan fingerprint density at radius 3 is 2.76 bits per heavy atom. The van der Waals surface area contributed by atoms with Crippen molar-refractivity contribution in [3.8, 4) is 0 Å². The predicted molar refractivity (Wildman–Crippen MR) is 107 cm³/mol. The number of hydrogen-bond acceptors (Lipinski definition) is 4. The van der Waals surface area contributed by atoms with Crippen molar-refractivity contribution in [2.45, 2.75) is 32.0 Å². The number of benzene rings is 2. The Balaban J connectivity index is 1.90. The molecule has 0 saturated heterocycles. The van der Waals surface area contributed by atoms with Crippen LogP contribution < -0.4 is 10.6 Å². The zero-order valence-electron chi connectivity index (χ0n) is 16.3. The first-order valence-electron chi connectivity index (χ1n) is 9.12. The van der Waals surface area contributed by atoms with E-state index in [9.17, 15) is 18.0 Å². The molecular weight excluding hydrogens is 383 g/mol. The van der Waals surface area contributed by atoms with Crippen LogP contribution in [0.15, 0.2) is 41.4 Å². The van der Waals surface area contributed by atoms with Gasteiger partial charge in [0.25, 0.3) is 0 Å². The number of hydrogen-bond donors (Lipinski definition) is 2. The van der Waals surface area contributed by atoms with E-state index >= 15 is 0 Å². The second-order valence-electron chi connectivity index (χ2n) is 7.01. The summed E-state index contributed by atoms with van der Waals surface area (Å²) in [5, 5.41) is 5.58. The summed E-state index contributed by atoms with van der Waals surface area (Å²) in [6.45, 7) is 3.88. The van der Waals surface area contributed by atoms with Crippen LogP contribution in [0, 0.1) is 6.92 Å². The van der Waals surface area contributed by atoms with Crippen molar-refractivity contribution in [3.63, 3.8) is 0 Å². The molecular formula is C21H22F3N3O2. The zero-order valence-corrected chi connectivity index (χ0v) is 16.3. The monoisotopic (exact) mass is 405 g/mol. The first-order chi connectivity index (χ1) is 13.7. The third-order valence-electron chi connectivity index (χ3n) is 4.68. The normalized spacial score (nSPS) is 17.3. The fourth-order valence-corrected chi connectivity index (χ4v) is 3.38. The molecule has 0 fully saturated rings. The number of amides is 1. The van der Waals surface area contributed by atoms with Crippen LogP contribution in [0.1, 0.15) is 29.5 Å². The van der Waals surface area contributed by atoms with E-state index in [1.807, 2.05) is 19.1 Å². The molecule has 3 rings (SSSR count). The van der Waals surface area contributed by atoms with Gasteiger partial charge < -0.3 is 15.4 Å². The molecule has 2 N–H and O–H groups in total. The number of carbonyl (C=O) groups excluding carboxylic acids is 1. The van der Waals surface area contributed by atoms with Crippen molar-refractivity contribution >= 4 is 29.2 Å². The standard InChI is InChI=1S/C21H22F3N3O2/c1-12-5-4-6-18-19(12)15(20(28)27-18)10-25-14-7-8-17(26-13(2)11-29-3)16(9-14)21(22,23)24/h4-10,13,15,26H,11H2,1-3H3,(H,27,28). The Bertz CT molecular complexity index is 941. The van der Waals surface area contributed by atoms with Crippen LogP contribution in [0.3, 0.4) is 0 Å². The van der Waals surface area contributed by atoms with Crippen LogP contribution in [0.5, 0.6) is 0 Å². The summed E-state index contributed by atoms with van der Waals surface area (Å²) in [4.78, 5) is 16.4. The van der Waals surface area contributed by atoms with Gasteiger partial charge in [-0.25, -0.2) is 0 Å². The van der Waals surface area contributed by atoms with Crippen molar-refractivity contribution in [2.24, 2.45) is 4.99 Å². The SMILES string of the molecule is COCC(C)Nc1ccc(N=CC2C(=O)Nc3cccc(C)c32)cc1C(F)(F)F. The molecule has 0 radical (unpaired) electrons. The minimum atomic E-state index is -4.55. The summed E-state index contributed by atoms with van der Waals surface area (Å²) in [5.74, 6) is -0.888. The number of fused-ring (bicyclic) bond motifs is 1. The highest BCUT2D eigenvalue weighted by Crippen LogP contribution is 2.38. The molecule has 1 aliphatic heterocycles. The Hall–Kier alpha value is -2.87. The van der Waals surface area contributed by atoms with Crippen LogP contribution in [0.25, 0.3) is 0 Å². The van der Waals surface area contributed by atoms with Gasteiger partial charge in [0.05, 0.1) is 17.9 Å². The van der Waals surface area contributed by atoms with Crippen LogP contribution in [-0.4, -0.2) is 31.9 Å². The average molecular weight is 405 g/mol. The number of aliphatic imine (C=N–C) groups is 1. The molecule has 2 unspecified atom stereocenters. The van der Waals surface area contributed by atoms with Gasteiger partial charge in [-0.3, -0.25) is 9.79 Å². The lowest BCUT2D eigenvalue weighted by atomic mass is 9.97. The van der Waals surface area contributed by atoms with E-state index in [0.29, 0.717) is 5.69 Å². The van der Waals surface area contributed by atoms with E-state index in [4.69, 9.17) is 4.74 Å². The van der Waals surface area contributed by atoms with E-state index in [-0.39, 0.29) is 29.9 Å². The predicted octanol–water partition coefficient (Wildman–Crippen LogP) is 4.90. The molecule has 0 aliphatic carbocycles. The smallest absolute Gasteiger partial charge is 0.383 e. The van der Waals surface area contributed by atoms with Crippen molar-refractivity contribution < 1.29 is 22.7 Å². The molecule has 0 spiro atoms. The number of aryl methyl sites for hydroxylation is 1. The Kier molecular flexibility index (Phi) is 5.93. The molecule has 5 nitrogen and oxygen atoms in total. The highest BCUT2D eigenvalue weighted by atomic mass is 19.4. The maximum atomic E-state index is 13.5. The number of halogens is 3. The molecule has 1 heterocycles. The van der Waals surface area contributed by atoms with E-state index in [1.54, 1.807) is 13.0 Å². The molecule has 0 bridgehead atoms. The minimum absolute atomic E-state index is 0.0409. The minimum Gasteiger partial charge on any atom is -0.383 e. The maximum Gasteiger partial charge on any atom is 0.418 e. The number of nitrogens with one attached hydrogen (secondary N) is 2. The maximum absolute atomic E-state index is 13.5. The second kappa shape index (κ2) is 8.24. The third-order valence-corrected chi connectivity index (χ3v) is 4.68. The first kappa shape index (κ1) is 20.9. The molecule has 1 aliphatic rings. The summed E-state index contributed by atoms with van der Waals surface area (Å²) < 4.78 is 45.6. The summed E-state index contributed by atoms with van der Waals surface area (Å²) in [6.07, 6.45) is -3.15. The number of anilines is 2. The van der Waals surface area contributed by atoms with Gasteiger partial charge in [-0.15, -0.1) is 0 Å². The first-order valence-corrected chi connectivity index (χ1v) is 9.12. The number of ether oxygens (including phenoxy) is 1. The lowest BCUT2D eigenvalue weighted by Gasteiger charge is -2.19. The molecule has 2 atom stereocenters. The van der Waals surface area contributed by atoms with E-state index < -0.39 is 17.7 Å². The molecule has 8 heteroatoms. The van der Waals surface area contributed by atoms with Gasteiger partial charge in [0.2, 0.25) is 5.91 Å². The highest BCUT2D eigenvalue weighted by Gasteiger charge is 2.34. The van der Waals surface area contributed by atoms with E-state index in [0.717, 1.165) is 17.2 Å². The fourth-order valence-electron chi connectivity index (χ4n) is 3.38. The van der Waals surface area contributed by atoms with Gasteiger partial charge >= 0.3 is 6.18 Å². The Morgan fingerprint density at radius 2 is 2.07 bits per heavy atom. The molecule has 2 aromatic rings. The number of carbonyl (C=O) groups is 1. The van der Waals surface area contributed by atoms with Crippen LogP contribution in [0.4, 0.5) is 30.2 Å². The van der Waals surface area contributed by atoms with Gasteiger partial charge in [-0.2, -0.15) is 13.2 Å². The Morgan fingerprint density at radius 1 is 1.31 bits per heavy atom. The lowest BCUT2D eigenvalue weighted by Crippen LogP contribution is -2.23. The van der Waals surface area contributed by atoms with Gasteiger partial charge in [0, 0.05) is 30.7 Å². The summed E-state index contributed by atoms with van der Waals surface area (Å²) in [7, 11) is 1.49. The molecule has 1 amide bonds. The van der Waals surface area contributed by atoms with Crippen LogP contribution in [0.2, 0.25) is 0 Å². The summed E-state index contributed by atoms with van der Waals surface area (Å²) >= 11 is 0. The second-order valence-corrected chi connectivity index (χ2v) is 7.01. The van der Waals surface area contributed by atoms with Crippen molar-refractivity contribution in [3.05, 3.63) is 53.1 Å². The summed E-state index contributed by atoms with van der Waals surface area (Å²) in [5.41, 5.74) is 1.68. The van der Waals surface area contributed by atoms with Gasteiger partial charge in [-0.05, 0) is 49.2 Å². The molecule has 0 aromatic heterocycles. The molecule has 2 aromatic carbocycles. The summed E-state index contributed by atoms with van der Waals surface area (Å²) in [6, 6.07) is 9.01. The van der Waals surface area contributed by atoms with Crippen molar-refractivity contribution in [1.82, 2.24) is 0 Å².